The van der Waals surface area contributed by atoms with Crippen molar-refractivity contribution < 1.29 is 18.5 Å². The number of hydrogen-bond donors (Lipinski definition) is 1. The highest BCUT2D eigenvalue weighted by Crippen LogP contribution is 2.19. The highest BCUT2D eigenvalue weighted by atomic mass is 19.1. The number of nitrogens with one attached hydrogen (secondary N) is 1. The van der Waals surface area contributed by atoms with Crippen molar-refractivity contribution in [2.45, 2.75) is 19.3 Å². The van der Waals surface area contributed by atoms with Crippen molar-refractivity contribution in [3.63, 3.8) is 0 Å². The first kappa shape index (κ1) is 18.5. The quantitative estimate of drug-likeness (QED) is 0.616. The van der Waals surface area contributed by atoms with Crippen molar-refractivity contribution in [3.05, 3.63) is 77.7 Å². The second-order valence-electron chi connectivity index (χ2n) is 6.08. The summed E-state index contributed by atoms with van der Waals surface area (Å²) in [6.45, 7) is 0.407. The smallest absolute Gasteiger partial charge is 0.220 e. The van der Waals surface area contributed by atoms with E-state index in [2.05, 4.69) is 10.5 Å². The van der Waals surface area contributed by atoms with Crippen LogP contribution in [0.4, 0.5) is 4.39 Å². The molecule has 2 aromatic carbocycles. The molecule has 0 saturated heterocycles. The molecule has 1 heterocycles. The van der Waals surface area contributed by atoms with E-state index in [4.69, 9.17) is 4.52 Å². The Balaban J connectivity index is 1.40. The van der Waals surface area contributed by atoms with Crippen LogP contribution in [0.2, 0.25) is 0 Å². The average Bonchev–Trinajstić information content (AvgIpc) is 3.16. The van der Waals surface area contributed by atoms with Gasteiger partial charge in [-0.25, -0.2) is 4.39 Å². The van der Waals surface area contributed by atoms with Gasteiger partial charge in [-0.1, -0.05) is 35.5 Å². The summed E-state index contributed by atoms with van der Waals surface area (Å²) in [6, 6.07) is 16.8. The molecule has 0 aliphatic heterocycles. The van der Waals surface area contributed by atoms with Gasteiger partial charge in [0.2, 0.25) is 5.91 Å². The van der Waals surface area contributed by atoms with E-state index >= 15 is 0 Å². The first-order valence-corrected chi connectivity index (χ1v) is 8.68. The molecule has 0 fully saturated rings. The van der Waals surface area contributed by atoms with Crippen LogP contribution < -0.4 is 5.32 Å². The zero-order valence-corrected chi connectivity index (χ0v) is 14.7. The summed E-state index contributed by atoms with van der Waals surface area (Å²) in [5, 5.41) is 6.76. The number of halogens is 1. The molecule has 3 rings (SSSR count). The van der Waals surface area contributed by atoms with Crippen LogP contribution >= 0.6 is 0 Å². The molecule has 0 radical (unpaired) electrons. The Morgan fingerprint density at radius 3 is 2.48 bits per heavy atom. The standard InChI is InChI=1S/C21H19FN2O3/c22-17-8-6-15(7-9-17)19(25)10-11-21(26)23-13-12-18-14-20(27-24-18)16-4-2-1-3-5-16/h1-9,14H,10-13H2,(H,23,26). The van der Waals surface area contributed by atoms with Crippen LogP contribution in [0, 0.1) is 5.82 Å². The molecule has 5 nitrogen and oxygen atoms in total. The van der Waals surface area contributed by atoms with Gasteiger partial charge < -0.3 is 9.84 Å². The second kappa shape index (κ2) is 8.89. The Morgan fingerprint density at radius 1 is 1.00 bits per heavy atom. The highest BCUT2D eigenvalue weighted by Gasteiger charge is 2.10. The number of ketones is 1. The fourth-order valence-corrected chi connectivity index (χ4v) is 2.59. The van der Waals surface area contributed by atoms with Crippen LogP contribution in [0.3, 0.4) is 0 Å². The summed E-state index contributed by atoms with van der Waals surface area (Å²) in [5.74, 6) is -0.110. The molecule has 1 aromatic heterocycles. The Hall–Kier alpha value is -3.28. The zero-order valence-electron chi connectivity index (χ0n) is 14.7. The fourth-order valence-electron chi connectivity index (χ4n) is 2.59. The monoisotopic (exact) mass is 366 g/mol. The summed E-state index contributed by atoms with van der Waals surface area (Å²) >= 11 is 0. The molecule has 0 unspecified atom stereocenters. The third kappa shape index (κ3) is 5.34. The first-order valence-electron chi connectivity index (χ1n) is 8.68. The van der Waals surface area contributed by atoms with Crippen LogP contribution in [0.1, 0.15) is 28.9 Å². The molecule has 0 atom stereocenters. The van der Waals surface area contributed by atoms with Crippen molar-refractivity contribution in [3.8, 4) is 11.3 Å². The molecule has 0 spiro atoms. The van der Waals surface area contributed by atoms with E-state index in [-0.39, 0.29) is 24.5 Å². The largest absolute Gasteiger partial charge is 0.356 e. The summed E-state index contributed by atoms with van der Waals surface area (Å²) in [4.78, 5) is 23.9. The minimum Gasteiger partial charge on any atom is -0.356 e. The Labute approximate surface area is 156 Å². The molecule has 138 valence electrons. The summed E-state index contributed by atoms with van der Waals surface area (Å²) in [5.41, 5.74) is 2.09. The van der Waals surface area contributed by atoms with Crippen LogP contribution in [0.25, 0.3) is 11.3 Å². The molecule has 0 aliphatic rings. The van der Waals surface area contributed by atoms with Gasteiger partial charge >= 0.3 is 0 Å². The maximum atomic E-state index is 12.9. The number of hydrogen-bond acceptors (Lipinski definition) is 4. The molecule has 1 amide bonds. The van der Waals surface area contributed by atoms with E-state index in [0.717, 1.165) is 11.3 Å². The lowest BCUT2D eigenvalue weighted by Crippen LogP contribution is -2.26. The Bertz CT molecular complexity index is 905. The highest BCUT2D eigenvalue weighted by molar-refractivity contribution is 5.97. The summed E-state index contributed by atoms with van der Waals surface area (Å²) in [7, 11) is 0. The van der Waals surface area contributed by atoms with Gasteiger partial charge in [-0.2, -0.15) is 0 Å². The van der Waals surface area contributed by atoms with E-state index < -0.39 is 5.82 Å². The Morgan fingerprint density at radius 2 is 1.74 bits per heavy atom. The van der Waals surface area contributed by atoms with Crippen molar-refractivity contribution in [2.24, 2.45) is 0 Å². The van der Waals surface area contributed by atoms with Gasteiger partial charge in [-0.3, -0.25) is 9.59 Å². The minimum absolute atomic E-state index is 0.0829. The van der Waals surface area contributed by atoms with Gasteiger partial charge in [-0.05, 0) is 24.3 Å². The van der Waals surface area contributed by atoms with E-state index in [1.165, 1.54) is 24.3 Å². The fraction of sp³-hybridized carbons (Fsp3) is 0.190. The lowest BCUT2D eigenvalue weighted by molar-refractivity contribution is -0.121. The Kier molecular flexibility index (Phi) is 6.10. The van der Waals surface area contributed by atoms with E-state index in [0.29, 0.717) is 24.3 Å². The van der Waals surface area contributed by atoms with Gasteiger partial charge in [0.1, 0.15) is 5.82 Å². The topological polar surface area (TPSA) is 72.2 Å². The molecular formula is C21H19FN2O3. The number of carbonyl (C=O) groups is 2. The van der Waals surface area contributed by atoms with Crippen LogP contribution in [0.5, 0.6) is 0 Å². The van der Waals surface area contributed by atoms with Crippen LogP contribution in [-0.2, 0) is 11.2 Å². The number of amides is 1. The SMILES string of the molecule is O=C(CCC(=O)c1ccc(F)cc1)NCCc1cc(-c2ccccc2)on1. The lowest BCUT2D eigenvalue weighted by atomic mass is 10.1. The minimum atomic E-state index is -0.396. The van der Waals surface area contributed by atoms with Crippen molar-refractivity contribution in [1.82, 2.24) is 10.5 Å². The van der Waals surface area contributed by atoms with Gasteiger partial charge in [0, 0.05) is 43.0 Å². The maximum absolute atomic E-state index is 12.9. The predicted molar refractivity (Wildman–Crippen MR) is 98.6 cm³/mol. The van der Waals surface area contributed by atoms with Gasteiger partial charge in [-0.15, -0.1) is 0 Å². The normalized spacial score (nSPS) is 10.6. The molecule has 6 heteroatoms. The molecule has 0 bridgehead atoms. The van der Waals surface area contributed by atoms with Crippen molar-refractivity contribution in [1.29, 1.82) is 0 Å². The molecule has 1 N–H and O–H groups in total. The number of rotatable bonds is 8. The summed E-state index contributed by atoms with van der Waals surface area (Å²) < 4.78 is 18.2. The van der Waals surface area contributed by atoms with Crippen LogP contribution in [0.15, 0.2) is 65.2 Å². The molecule has 3 aromatic rings. The first-order chi connectivity index (χ1) is 13.1. The van der Waals surface area contributed by atoms with Gasteiger partial charge in [0.05, 0.1) is 5.69 Å². The molecule has 27 heavy (non-hydrogen) atoms. The van der Waals surface area contributed by atoms with Crippen LogP contribution in [-0.4, -0.2) is 23.4 Å². The third-order valence-corrected chi connectivity index (χ3v) is 4.07. The number of aromatic nitrogens is 1. The molecule has 0 aliphatic carbocycles. The molecular weight excluding hydrogens is 347 g/mol. The van der Waals surface area contributed by atoms with E-state index in [9.17, 15) is 14.0 Å². The van der Waals surface area contributed by atoms with Gasteiger partial charge in [0.15, 0.2) is 11.5 Å². The van der Waals surface area contributed by atoms with E-state index in [1.807, 2.05) is 36.4 Å². The molecule has 0 saturated carbocycles. The summed E-state index contributed by atoms with van der Waals surface area (Å²) in [6.07, 6.45) is 0.706. The third-order valence-electron chi connectivity index (χ3n) is 4.07. The zero-order chi connectivity index (χ0) is 19.1. The number of carbonyl (C=O) groups excluding carboxylic acids is 2. The predicted octanol–water partition coefficient (Wildman–Crippen LogP) is 3.80. The van der Waals surface area contributed by atoms with E-state index in [1.54, 1.807) is 0 Å². The number of benzene rings is 2. The lowest BCUT2D eigenvalue weighted by Gasteiger charge is -2.04. The average molecular weight is 366 g/mol. The number of nitrogens with zero attached hydrogens (tertiary/aromatic N) is 1. The number of Topliss-reactive ketones (excluding diaryl/α,β-unsaturated/α-hetero) is 1. The van der Waals surface area contributed by atoms with Gasteiger partial charge in [0.25, 0.3) is 0 Å². The maximum Gasteiger partial charge on any atom is 0.220 e. The van der Waals surface area contributed by atoms with Crippen molar-refractivity contribution in [2.75, 3.05) is 6.54 Å². The second-order valence-corrected chi connectivity index (χ2v) is 6.08. The van der Waals surface area contributed by atoms with Crippen molar-refractivity contribution >= 4 is 11.7 Å².